The van der Waals surface area contributed by atoms with Crippen LogP contribution in [0, 0.1) is 37.5 Å². The molecule has 15 heteroatoms. The van der Waals surface area contributed by atoms with Gasteiger partial charge in [-0.15, -0.1) is 0 Å². The first kappa shape index (κ1) is 69.9. The van der Waals surface area contributed by atoms with Crippen LogP contribution < -0.4 is 14.2 Å². The van der Waals surface area contributed by atoms with Crippen molar-refractivity contribution in [3.63, 3.8) is 0 Å². The Balaban J connectivity index is 1.71. The fraction of sp³-hybridized carbons (Fsp3) is 0.500. The highest BCUT2D eigenvalue weighted by Crippen LogP contribution is 2.41. The molecule has 0 amide bonds. The van der Waals surface area contributed by atoms with Crippen molar-refractivity contribution in [1.82, 2.24) is 0 Å². The summed E-state index contributed by atoms with van der Waals surface area (Å²) in [5.41, 5.74) is 5.06. The molecule has 1 aliphatic carbocycles. The number of benzene rings is 3. The van der Waals surface area contributed by atoms with Gasteiger partial charge in [-0.2, -0.15) is 0 Å². The number of hydrogen-bond donors (Lipinski definition) is 1. The molecule has 0 bridgehead atoms. The Bertz CT molecular complexity index is 2820. The summed E-state index contributed by atoms with van der Waals surface area (Å²) in [4.78, 5) is 92.8. The molecule has 1 N–H and O–H groups in total. The third kappa shape index (κ3) is 20.9. The van der Waals surface area contributed by atoms with Crippen LogP contribution in [-0.4, -0.2) is 73.3 Å². The van der Waals surface area contributed by atoms with Crippen LogP contribution in [0.15, 0.2) is 97.3 Å². The normalized spacial score (nSPS) is 13.9. The molecule has 1 unspecified atom stereocenters. The monoisotopic (exact) mass is 1170 g/mol. The topological polar surface area (TPSA) is 204 Å². The highest BCUT2D eigenvalue weighted by Gasteiger charge is 2.39. The van der Waals surface area contributed by atoms with Crippen molar-refractivity contribution in [2.75, 3.05) is 26.4 Å². The zero-order valence-electron chi connectivity index (χ0n) is 53.3. The maximum absolute atomic E-state index is 14.0. The summed E-state index contributed by atoms with van der Waals surface area (Å²) in [5.74, 6) is -2.95. The minimum Gasteiger partial charge on any atom is -0.512 e. The molecule has 0 heterocycles. The third-order valence-electron chi connectivity index (χ3n) is 14.7. The number of ether oxygens (including phenoxy) is 7. The minimum absolute atomic E-state index is 0.0448. The van der Waals surface area contributed by atoms with Crippen LogP contribution in [0.1, 0.15) is 179 Å². The first-order valence-electron chi connectivity index (χ1n) is 29.1. The summed E-state index contributed by atoms with van der Waals surface area (Å²) in [6, 6.07) is 11.1. The van der Waals surface area contributed by atoms with Gasteiger partial charge in [-0.1, -0.05) is 158 Å². The van der Waals surface area contributed by atoms with E-state index < -0.39 is 89.9 Å². The summed E-state index contributed by atoms with van der Waals surface area (Å²) in [6.45, 7) is 39.8. The Morgan fingerprint density at radius 1 is 0.471 bits per heavy atom. The van der Waals surface area contributed by atoms with Crippen molar-refractivity contribution in [3.05, 3.63) is 147 Å². The van der Waals surface area contributed by atoms with E-state index >= 15 is 0 Å². The van der Waals surface area contributed by atoms with Gasteiger partial charge in [0.1, 0.15) is 49.1 Å². The largest absolute Gasteiger partial charge is 0.512 e. The number of allylic oxidation sites excluding steroid dienone is 4. The van der Waals surface area contributed by atoms with Crippen molar-refractivity contribution < 1.29 is 71.8 Å². The van der Waals surface area contributed by atoms with Gasteiger partial charge < -0.3 is 38.3 Å². The summed E-state index contributed by atoms with van der Waals surface area (Å²) >= 11 is 0. The summed E-state index contributed by atoms with van der Waals surface area (Å²) in [5, 5.41) is 11.0. The van der Waals surface area contributed by atoms with Crippen molar-refractivity contribution in [2.45, 2.75) is 185 Å². The molecule has 0 spiro atoms. The van der Waals surface area contributed by atoms with E-state index in [1.807, 2.05) is 153 Å². The lowest BCUT2D eigenvalue weighted by Crippen LogP contribution is -2.44. The Labute approximate surface area is 504 Å². The fourth-order valence-corrected chi connectivity index (χ4v) is 9.83. The molecule has 0 aliphatic heterocycles. The number of carbonyl (C=O) groups excluding carboxylic acids is 7. The van der Waals surface area contributed by atoms with Gasteiger partial charge in [0.25, 0.3) is 0 Å². The number of carbonyl (C=O) groups is 7. The minimum atomic E-state index is -1.62. The smallest absolute Gasteiger partial charge is 0.335 e. The molecule has 0 radical (unpaired) electrons. The van der Waals surface area contributed by atoms with Crippen LogP contribution in [0.3, 0.4) is 0 Å². The first-order chi connectivity index (χ1) is 39.4. The molecule has 0 saturated carbocycles. The van der Waals surface area contributed by atoms with Gasteiger partial charge in [0.05, 0.1) is 5.76 Å². The first-order valence-corrected chi connectivity index (χ1v) is 29.1. The maximum atomic E-state index is 14.0. The molecular formula is C70H92O15. The number of aliphatic hydroxyl groups excluding tert-OH is 1. The van der Waals surface area contributed by atoms with E-state index in [9.17, 15) is 38.7 Å². The molecule has 0 fully saturated rings. The highest BCUT2D eigenvalue weighted by atomic mass is 16.6. The zero-order chi connectivity index (χ0) is 64.0. The number of aliphatic hydroxyl groups is 1. The summed E-state index contributed by atoms with van der Waals surface area (Å²) in [6.07, 6.45) is 6.40. The van der Waals surface area contributed by atoms with Crippen molar-refractivity contribution in [1.29, 1.82) is 0 Å². The van der Waals surface area contributed by atoms with Gasteiger partial charge in [-0.3, -0.25) is 19.2 Å². The van der Waals surface area contributed by atoms with Gasteiger partial charge >= 0.3 is 41.8 Å². The molecule has 0 aromatic heterocycles. The second-order valence-electron chi connectivity index (χ2n) is 26.6. The highest BCUT2D eigenvalue weighted by molar-refractivity contribution is 5.85. The fourth-order valence-electron chi connectivity index (χ4n) is 9.83. The number of rotatable bonds is 26. The predicted octanol–water partition coefficient (Wildman–Crippen LogP) is 13.7. The summed E-state index contributed by atoms with van der Waals surface area (Å²) < 4.78 is 41.0. The van der Waals surface area contributed by atoms with Gasteiger partial charge in [0.2, 0.25) is 0 Å². The summed E-state index contributed by atoms with van der Waals surface area (Å²) in [7, 11) is 0. The Morgan fingerprint density at radius 2 is 0.753 bits per heavy atom. The lowest BCUT2D eigenvalue weighted by Gasteiger charge is -2.32. The SMILES string of the molecule is C=CC(=O)Oc1c(C)cc(CCC(=O)OCC(COC(=O)CCC2=CC(C(C)(C)C)=C(O)C(C)C2)(COC(=O)CCc2cc(C)c(OC(=O)C=C)c(C(C)(C)C)c2)COC(=O)CCc2cc(C)c(OC(=O)C=C)c(C(C)(C)C)c2)cc1C(C)(C)C. The van der Waals surface area contributed by atoms with Crippen LogP contribution in [0.25, 0.3) is 0 Å². The van der Waals surface area contributed by atoms with Crippen LogP contribution >= 0.6 is 0 Å². The Hall–Kier alpha value is -7.55. The van der Waals surface area contributed by atoms with Gasteiger partial charge in [-0.05, 0) is 113 Å². The molecule has 1 aliphatic rings. The third-order valence-corrected chi connectivity index (χ3v) is 14.7. The molecule has 1 atom stereocenters. The standard InChI is InChI=1S/C70H92O15/c1-20-55(71)83-63-44(5)32-48(36-52(63)67(11,12)13)24-28-59(75)80-40-70(39-79-58(74)27-23-47-31-43(4)62(78)51(35-47)66(8,9)10,41-81-60(76)29-25-49-33-45(6)64(84-56(72)21-2)53(37-49)68(14,15)16)42-82-61(77)30-26-50-34-46(7)65(85-57(73)22-3)54(38-50)69(17,18)19/h20-22,32-38,43,78H,1-3,23-31,39-42H2,4-19H3. The van der Waals surface area contributed by atoms with Crippen molar-refractivity contribution >= 4 is 41.8 Å². The van der Waals surface area contributed by atoms with E-state index in [0.29, 0.717) is 52.5 Å². The lowest BCUT2D eigenvalue weighted by atomic mass is 9.77. The molecular weight excluding hydrogens is 1080 g/mol. The average molecular weight is 1170 g/mol. The molecule has 85 heavy (non-hydrogen) atoms. The van der Waals surface area contributed by atoms with E-state index in [1.165, 1.54) is 0 Å². The van der Waals surface area contributed by atoms with Gasteiger partial charge in [-0.25, -0.2) is 14.4 Å². The number of aryl methyl sites for hydroxylation is 6. The molecule has 0 saturated heterocycles. The molecule has 3 aromatic rings. The lowest BCUT2D eigenvalue weighted by molar-refractivity contribution is -0.170. The second kappa shape index (κ2) is 29.5. The van der Waals surface area contributed by atoms with Crippen molar-refractivity contribution in [2.24, 2.45) is 16.7 Å². The van der Waals surface area contributed by atoms with E-state index in [4.69, 9.17) is 33.2 Å². The predicted molar refractivity (Wildman–Crippen MR) is 329 cm³/mol. The van der Waals surface area contributed by atoms with Crippen LogP contribution in [-0.2, 0) is 88.0 Å². The average Bonchev–Trinajstić information content (AvgIpc) is 2.24. The number of hydrogen-bond acceptors (Lipinski definition) is 15. The Kier molecular flexibility index (Phi) is 24.3. The number of esters is 7. The molecule has 462 valence electrons. The van der Waals surface area contributed by atoms with E-state index in [1.54, 1.807) is 0 Å². The zero-order valence-corrected chi connectivity index (χ0v) is 53.3. The molecule has 15 nitrogen and oxygen atoms in total. The van der Waals surface area contributed by atoms with Crippen molar-refractivity contribution in [3.8, 4) is 17.2 Å². The van der Waals surface area contributed by atoms with E-state index in [0.717, 1.165) is 62.8 Å². The van der Waals surface area contributed by atoms with Gasteiger partial charge in [0, 0.05) is 66.5 Å². The van der Waals surface area contributed by atoms with E-state index in [2.05, 4.69) is 19.7 Å². The van der Waals surface area contributed by atoms with Crippen LogP contribution in [0.2, 0.25) is 0 Å². The second-order valence-corrected chi connectivity index (χ2v) is 26.6. The Morgan fingerprint density at radius 3 is 1.01 bits per heavy atom. The van der Waals surface area contributed by atoms with E-state index in [-0.39, 0.29) is 56.3 Å². The van der Waals surface area contributed by atoms with Crippen LogP contribution in [0.5, 0.6) is 17.2 Å². The maximum Gasteiger partial charge on any atom is 0.335 e. The van der Waals surface area contributed by atoms with Crippen LogP contribution in [0.4, 0.5) is 0 Å². The molecule has 4 rings (SSSR count). The quantitative estimate of drug-likeness (QED) is 0.0344. The van der Waals surface area contributed by atoms with Gasteiger partial charge in [0.15, 0.2) is 0 Å². The molecule has 3 aromatic carbocycles.